The zero-order chi connectivity index (χ0) is 24.6. The van der Waals surface area contributed by atoms with Gasteiger partial charge in [0.25, 0.3) is 5.91 Å². The van der Waals surface area contributed by atoms with E-state index in [1.165, 1.54) is 0 Å². The molecule has 0 bridgehead atoms. The molecule has 5 heterocycles. The third-order valence-electron chi connectivity index (χ3n) is 7.26. The van der Waals surface area contributed by atoms with E-state index in [0.29, 0.717) is 18.5 Å². The molecule has 2 fully saturated rings. The average Bonchev–Trinajstić information content (AvgIpc) is 3.62. The van der Waals surface area contributed by atoms with Crippen molar-refractivity contribution in [1.29, 1.82) is 0 Å². The fourth-order valence-corrected chi connectivity index (χ4v) is 5.32. The molecule has 36 heavy (non-hydrogen) atoms. The smallest absolute Gasteiger partial charge is 0.255 e. The number of imide groups is 1. The maximum Gasteiger partial charge on any atom is 0.255 e. The van der Waals surface area contributed by atoms with Crippen LogP contribution in [0.4, 0.5) is 0 Å². The maximum absolute atomic E-state index is 12.9. The van der Waals surface area contributed by atoms with Gasteiger partial charge in [0.2, 0.25) is 11.8 Å². The number of hydrogen-bond donors (Lipinski definition) is 1. The minimum atomic E-state index is -0.580. The van der Waals surface area contributed by atoms with Gasteiger partial charge in [0.15, 0.2) is 11.5 Å². The van der Waals surface area contributed by atoms with Gasteiger partial charge in [0.05, 0.1) is 12.8 Å². The van der Waals surface area contributed by atoms with Crippen molar-refractivity contribution in [2.75, 3.05) is 26.2 Å². The normalized spacial score (nSPS) is 21.2. The molecule has 6 rings (SSSR count). The van der Waals surface area contributed by atoms with Gasteiger partial charge in [-0.1, -0.05) is 12.1 Å². The number of piperazine rings is 1. The third-order valence-corrected chi connectivity index (χ3v) is 7.26. The second-order valence-electron chi connectivity index (χ2n) is 9.69. The topological polar surface area (TPSA) is 99.2 Å². The Morgan fingerprint density at radius 1 is 0.917 bits per heavy atom. The molecule has 0 saturated carbocycles. The lowest BCUT2D eigenvalue weighted by atomic mass is 10.0. The summed E-state index contributed by atoms with van der Waals surface area (Å²) >= 11 is 0. The summed E-state index contributed by atoms with van der Waals surface area (Å²) in [6.45, 7) is 5.79. The van der Waals surface area contributed by atoms with E-state index in [-0.39, 0.29) is 24.1 Å². The monoisotopic (exact) mass is 488 g/mol. The summed E-state index contributed by atoms with van der Waals surface area (Å²) in [5, 5.41) is 2.35. The minimum absolute atomic E-state index is 0.132. The highest BCUT2D eigenvalue weighted by Crippen LogP contribution is 2.29. The summed E-state index contributed by atoms with van der Waals surface area (Å²) in [4.78, 5) is 43.1. The Morgan fingerprint density at radius 3 is 2.47 bits per heavy atom. The molecule has 186 valence electrons. The van der Waals surface area contributed by atoms with Gasteiger partial charge in [-0.25, -0.2) is 0 Å². The molecule has 1 aromatic carbocycles. The number of benzene rings is 1. The Morgan fingerprint density at radius 2 is 1.72 bits per heavy atom. The van der Waals surface area contributed by atoms with Gasteiger partial charge in [0, 0.05) is 51.3 Å². The van der Waals surface area contributed by atoms with Gasteiger partial charge < -0.3 is 13.7 Å². The van der Waals surface area contributed by atoms with Crippen LogP contribution in [-0.2, 0) is 29.2 Å². The van der Waals surface area contributed by atoms with Crippen molar-refractivity contribution in [2.24, 2.45) is 0 Å². The highest BCUT2D eigenvalue weighted by molar-refractivity contribution is 6.05. The van der Waals surface area contributed by atoms with Gasteiger partial charge >= 0.3 is 0 Å². The number of hydrogen-bond acceptors (Lipinski definition) is 7. The van der Waals surface area contributed by atoms with E-state index in [9.17, 15) is 14.4 Å². The number of furan rings is 2. The van der Waals surface area contributed by atoms with E-state index in [1.54, 1.807) is 11.2 Å². The first-order valence-electron chi connectivity index (χ1n) is 12.4. The van der Waals surface area contributed by atoms with Crippen LogP contribution in [0.3, 0.4) is 0 Å². The Bertz CT molecular complexity index is 1290. The first-order chi connectivity index (χ1) is 17.5. The first kappa shape index (κ1) is 22.8. The largest absolute Gasteiger partial charge is 0.461 e. The van der Waals surface area contributed by atoms with Crippen LogP contribution >= 0.6 is 0 Å². The van der Waals surface area contributed by atoms with E-state index >= 15 is 0 Å². The standard InChI is InChI=1S/C27H28N4O5/c32-25-8-6-22(26(33)28-25)31-16-19-14-18(3-5-21(19)27(31)34)15-29-9-11-30(12-10-29)17-20-4-7-24(36-20)23-2-1-13-35-23/h1-5,7,13-14,22H,6,8-12,15-17H2,(H,28,32,33). The van der Waals surface area contributed by atoms with Crippen LogP contribution in [0.1, 0.15) is 40.1 Å². The van der Waals surface area contributed by atoms with Crippen molar-refractivity contribution in [3.05, 3.63) is 71.2 Å². The second kappa shape index (κ2) is 9.40. The number of rotatable bonds is 6. The highest BCUT2D eigenvalue weighted by Gasteiger charge is 2.39. The lowest BCUT2D eigenvalue weighted by molar-refractivity contribution is -0.136. The molecule has 3 aliphatic heterocycles. The van der Waals surface area contributed by atoms with Crippen molar-refractivity contribution in [3.8, 4) is 11.5 Å². The van der Waals surface area contributed by atoms with E-state index in [1.807, 2.05) is 36.4 Å². The molecule has 0 spiro atoms. The molecule has 0 aliphatic carbocycles. The first-order valence-corrected chi connectivity index (χ1v) is 12.4. The number of carbonyl (C=O) groups is 3. The zero-order valence-electron chi connectivity index (χ0n) is 19.9. The summed E-state index contributed by atoms with van der Waals surface area (Å²) in [5.74, 6) is 1.64. The van der Waals surface area contributed by atoms with Crippen LogP contribution in [-0.4, -0.2) is 64.6 Å². The van der Waals surface area contributed by atoms with Crippen molar-refractivity contribution >= 4 is 17.7 Å². The van der Waals surface area contributed by atoms with Gasteiger partial charge in [0.1, 0.15) is 11.8 Å². The molecule has 1 atom stereocenters. The number of fused-ring (bicyclic) bond motifs is 1. The maximum atomic E-state index is 12.9. The SMILES string of the molecule is O=C1CCC(N2Cc3cc(CN4CCN(Cc5ccc(-c6ccco6)o5)CC4)ccc3C2=O)C(=O)N1. The van der Waals surface area contributed by atoms with Crippen LogP contribution in [0.5, 0.6) is 0 Å². The Kier molecular flexibility index (Phi) is 5.94. The predicted molar refractivity (Wildman–Crippen MR) is 129 cm³/mol. The van der Waals surface area contributed by atoms with E-state index in [2.05, 4.69) is 21.2 Å². The molecule has 9 nitrogen and oxygen atoms in total. The van der Waals surface area contributed by atoms with Crippen LogP contribution in [0.2, 0.25) is 0 Å². The van der Waals surface area contributed by atoms with E-state index < -0.39 is 6.04 Å². The summed E-state index contributed by atoms with van der Waals surface area (Å²) in [6, 6.07) is 13.1. The number of piperidine rings is 1. The number of nitrogens with zero attached hydrogens (tertiary/aromatic N) is 3. The molecule has 1 N–H and O–H groups in total. The average molecular weight is 489 g/mol. The van der Waals surface area contributed by atoms with Crippen molar-refractivity contribution in [1.82, 2.24) is 20.0 Å². The van der Waals surface area contributed by atoms with Crippen molar-refractivity contribution in [2.45, 2.75) is 38.5 Å². The molecular formula is C27H28N4O5. The Hall–Kier alpha value is -3.69. The predicted octanol–water partition coefficient (Wildman–Crippen LogP) is 2.62. The molecule has 1 unspecified atom stereocenters. The quantitative estimate of drug-likeness (QED) is 0.533. The lowest BCUT2D eigenvalue weighted by Gasteiger charge is -2.34. The molecule has 0 radical (unpaired) electrons. The fourth-order valence-electron chi connectivity index (χ4n) is 5.32. The molecular weight excluding hydrogens is 460 g/mol. The second-order valence-corrected chi connectivity index (χ2v) is 9.69. The van der Waals surface area contributed by atoms with Crippen molar-refractivity contribution in [3.63, 3.8) is 0 Å². The molecule has 3 aliphatic rings. The van der Waals surface area contributed by atoms with Gasteiger partial charge in [-0.2, -0.15) is 0 Å². The number of carbonyl (C=O) groups excluding carboxylic acids is 3. The van der Waals surface area contributed by atoms with Crippen molar-refractivity contribution < 1.29 is 23.2 Å². The van der Waals surface area contributed by atoms with Gasteiger partial charge in [-0.15, -0.1) is 0 Å². The van der Waals surface area contributed by atoms with Crippen LogP contribution < -0.4 is 5.32 Å². The van der Waals surface area contributed by atoms with Crippen LogP contribution in [0.25, 0.3) is 11.5 Å². The lowest BCUT2D eigenvalue weighted by Crippen LogP contribution is -2.52. The number of nitrogens with one attached hydrogen (secondary N) is 1. The summed E-state index contributed by atoms with van der Waals surface area (Å²) in [5.41, 5.74) is 2.76. The molecule has 2 aromatic heterocycles. The van der Waals surface area contributed by atoms with E-state index in [0.717, 1.165) is 67.7 Å². The Labute approximate surface area is 208 Å². The third kappa shape index (κ3) is 4.47. The number of amides is 3. The van der Waals surface area contributed by atoms with Gasteiger partial charge in [-0.05, 0) is 47.9 Å². The molecule has 3 amide bonds. The molecule has 2 saturated heterocycles. The Balaban J connectivity index is 1.03. The summed E-state index contributed by atoms with van der Waals surface area (Å²) in [7, 11) is 0. The summed E-state index contributed by atoms with van der Waals surface area (Å²) in [6.07, 6.45) is 2.28. The van der Waals surface area contributed by atoms with Crippen LogP contribution in [0, 0.1) is 0 Å². The highest BCUT2D eigenvalue weighted by atomic mass is 16.4. The zero-order valence-corrected chi connectivity index (χ0v) is 19.9. The van der Waals surface area contributed by atoms with E-state index in [4.69, 9.17) is 8.83 Å². The van der Waals surface area contributed by atoms with Crippen LogP contribution in [0.15, 0.2) is 57.6 Å². The molecule has 9 heteroatoms. The fraction of sp³-hybridized carbons (Fsp3) is 0.370. The minimum Gasteiger partial charge on any atom is -0.461 e. The van der Waals surface area contributed by atoms with Gasteiger partial charge in [-0.3, -0.25) is 29.5 Å². The molecule has 3 aromatic rings. The summed E-state index contributed by atoms with van der Waals surface area (Å²) < 4.78 is 11.4.